The number of benzene rings is 5. The number of nitrogens with zero attached hydrogens (tertiary/aromatic N) is 4. The van der Waals surface area contributed by atoms with Gasteiger partial charge in [-0.1, -0.05) is 36.4 Å². The normalized spacial score (nSPS) is 13.5. The van der Waals surface area contributed by atoms with Crippen LogP contribution in [0.15, 0.2) is 89.7 Å². The highest BCUT2D eigenvalue weighted by atomic mass is 16.6. The van der Waals surface area contributed by atoms with Crippen molar-refractivity contribution in [3.8, 4) is 0 Å². The smallest absolute Gasteiger partial charge is 0.268 e. The Labute approximate surface area is 217 Å². The minimum atomic E-state index is -0.515. The van der Waals surface area contributed by atoms with Gasteiger partial charge in [-0.25, -0.2) is 9.88 Å². The van der Waals surface area contributed by atoms with Crippen LogP contribution in [0.3, 0.4) is 0 Å². The molecule has 39 heavy (non-hydrogen) atoms. The molecule has 0 spiro atoms. The summed E-state index contributed by atoms with van der Waals surface area (Å²) in [4.78, 5) is 58.0. The van der Waals surface area contributed by atoms with Gasteiger partial charge in [-0.3, -0.25) is 28.9 Å². The molecule has 0 fully saturated rings. The second-order valence-corrected chi connectivity index (χ2v) is 9.52. The van der Waals surface area contributed by atoms with E-state index in [2.05, 4.69) is 4.98 Å². The number of carbonyl (C=O) groups is 2. The van der Waals surface area contributed by atoms with E-state index in [1.807, 2.05) is 30.3 Å². The van der Waals surface area contributed by atoms with Gasteiger partial charge in [0.15, 0.2) is 0 Å². The van der Waals surface area contributed by atoms with Crippen LogP contribution in [0, 0.1) is 10.1 Å². The second kappa shape index (κ2) is 7.20. The zero-order valence-electron chi connectivity index (χ0n) is 19.9. The summed E-state index contributed by atoms with van der Waals surface area (Å²) in [5.41, 5.74) is 1.65. The van der Waals surface area contributed by atoms with E-state index in [0.717, 1.165) is 10.8 Å². The molecule has 184 valence electrons. The Morgan fingerprint density at radius 3 is 2.21 bits per heavy atom. The molecule has 9 nitrogen and oxygen atoms in total. The quantitative estimate of drug-likeness (QED) is 0.173. The Hall–Kier alpha value is -5.70. The number of carbonyl (C=O) groups excluding carboxylic acids is 2. The molecule has 8 rings (SSSR count). The third kappa shape index (κ3) is 2.62. The van der Waals surface area contributed by atoms with Crippen molar-refractivity contribution in [3.63, 3.8) is 0 Å². The Bertz CT molecular complexity index is 2310. The summed E-state index contributed by atoms with van der Waals surface area (Å²) in [6, 6.07) is 23.7. The molecule has 9 heteroatoms. The summed E-state index contributed by atoms with van der Waals surface area (Å²) < 4.78 is 1.42. The lowest BCUT2D eigenvalue weighted by molar-refractivity contribution is -0.384. The highest BCUT2D eigenvalue weighted by Crippen LogP contribution is 2.40. The van der Waals surface area contributed by atoms with Gasteiger partial charge < -0.3 is 0 Å². The lowest BCUT2D eigenvalue weighted by Gasteiger charge is -2.28. The van der Waals surface area contributed by atoms with Gasteiger partial charge in [0, 0.05) is 50.2 Å². The molecule has 1 aliphatic rings. The number of rotatable bonds is 2. The maximum absolute atomic E-state index is 13.9. The van der Waals surface area contributed by atoms with Crippen molar-refractivity contribution >= 4 is 72.2 Å². The van der Waals surface area contributed by atoms with Crippen molar-refractivity contribution < 1.29 is 14.5 Å². The first-order valence-electron chi connectivity index (χ1n) is 12.1. The van der Waals surface area contributed by atoms with Crippen molar-refractivity contribution in [1.29, 1.82) is 0 Å². The molecule has 7 aromatic rings. The van der Waals surface area contributed by atoms with Crippen LogP contribution in [0.5, 0.6) is 0 Å². The molecule has 3 heterocycles. The number of anilines is 1. The summed E-state index contributed by atoms with van der Waals surface area (Å²) in [5.74, 6) is -0.954. The lowest BCUT2D eigenvalue weighted by atomic mass is 9.89. The summed E-state index contributed by atoms with van der Waals surface area (Å²) in [6.45, 7) is 0. The fraction of sp³-hybridized carbons (Fsp3) is 0. The number of nitro benzene ring substituents is 1. The van der Waals surface area contributed by atoms with Crippen molar-refractivity contribution in [1.82, 2.24) is 9.38 Å². The Morgan fingerprint density at radius 1 is 0.718 bits per heavy atom. The molecule has 0 unspecified atom stereocenters. The second-order valence-electron chi connectivity index (χ2n) is 9.52. The number of hydrogen-bond acceptors (Lipinski definition) is 6. The number of pyridine rings is 1. The Kier molecular flexibility index (Phi) is 3.95. The molecule has 0 atom stereocenters. The van der Waals surface area contributed by atoms with Gasteiger partial charge in [0.05, 0.1) is 21.6 Å². The topological polar surface area (TPSA) is 115 Å². The molecule has 0 aliphatic carbocycles. The number of hydrogen-bond donors (Lipinski definition) is 0. The zero-order chi connectivity index (χ0) is 26.6. The number of nitro groups is 1. The van der Waals surface area contributed by atoms with Crippen LogP contribution in [0.2, 0.25) is 0 Å². The largest absolute Gasteiger partial charge is 0.271 e. The molecule has 0 N–H and O–H groups in total. The number of amides is 2. The van der Waals surface area contributed by atoms with E-state index in [1.165, 1.54) is 27.5 Å². The van der Waals surface area contributed by atoms with Crippen molar-refractivity contribution in [2.75, 3.05) is 4.90 Å². The molecule has 0 saturated carbocycles. The van der Waals surface area contributed by atoms with Gasteiger partial charge in [0.2, 0.25) is 0 Å². The third-order valence-electron chi connectivity index (χ3n) is 7.56. The van der Waals surface area contributed by atoms with Crippen LogP contribution in [0.25, 0.3) is 49.0 Å². The molecule has 1 aliphatic heterocycles. The van der Waals surface area contributed by atoms with Crippen LogP contribution in [0.1, 0.15) is 20.7 Å². The average Bonchev–Trinajstić information content (AvgIpc) is 3.34. The SMILES string of the molecule is O=C1c2ccc3c(=O)n4c5ccc([N+](=O)[O-])cc5nc4c4ccc(c2c34)C(=O)N1c1cccc2ccccc12. The summed E-state index contributed by atoms with van der Waals surface area (Å²) in [6.07, 6.45) is 0. The minimum Gasteiger partial charge on any atom is -0.268 e. The van der Waals surface area contributed by atoms with Crippen LogP contribution < -0.4 is 10.5 Å². The number of aromatic nitrogens is 2. The summed E-state index contributed by atoms with van der Waals surface area (Å²) in [7, 11) is 0. The van der Waals surface area contributed by atoms with E-state index >= 15 is 0 Å². The lowest BCUT2D eigenvalue weighted by Crippen LogP contribution is -2.40. The van der Waals surface area contributed by atoms with E-state index in [-0.39, 0.29) is 11.2 Å². The predicted molar refractivity (Wildman–Crippen MR) is 147 cm³/mol. The predicted octanol–water partition coefficient (Wildman–Crippen LogP) is 5.45. The van der Waals surface area contributed by atoms with E-state index in [4.69, 9.17) is 0 Å². The van der Waals surface area contributed by atoms with E-state index in [1.54, 1.807) is 36.4 Å². The van der Waals surface area contributed by atoms with Crippen LogP contribution in [-0.4, -0.2) is 26.1 Å². The summed E-state index contributed by atoms with van der Waals surface area (Å²) in [5, 5.41) is 14.8. The first-order chi connectivity index (χ1) is 18.9. The van der Waals surface area contributed by atoms with Gasteiger partial charge in [0.1, 0.15) is 5.65 Å². The molecule has 2 amide bonds. The molecule has 0 bridgehead atoms. The van der Waals surface area contributed by atoms with Crippen molar-refractivity contribution in [2.24, 2.45) is 0 Å². The first-order valence-corrected chi connectivity index (χ1v) is 12.1. The molecule has 0 radical (unpaired) electrons. The van der Waals surface area contributed by atoms with Crippen LogP contribution in [-0.2, 0) is 0 Å². The van der Waals surface area contributed by atoms with Gasteiger partial charge in [-0.05, 0) is 41.8 Å². The third-order valence-corrected chi connectivity index (χ3v) is 7.56. The zero-order valence-corrected chi connectivity index (χ0v) is 19.9. The maximum atomic E-state index is 13.9. The number of fused-ring (bicyclic) bond motifs is 5. The van der Waals surface area contributed by atoms with Gasteiger partial charge in [-0.2, -0.15) is 0 Å². The average molecular weight is 510 g/mol. The molecule has 5 aromatic carbocycles. The Balaban J connectivity index is 1.45. The van der Waals surface area contributed by atoms with Crippen molar-refractivity contribution in [2.45, 2.75) is 0 Å². The van der Waals surface area contributed by atoms with Gasteiger partial charge in [0.25, 0.3) is 23.1 Å². The monoisotopic (exact) mass is 510 g/mol. The van der Waals surface area contributed by atoms with E-state index in [0.29, 0.717) is 55.0 Å². The molecular weight excluding hydrogens is 496 g/mol. The molecule has 0 saturated heterocycles. The number of non-ortho nitro benzene ring substituents is 1. The van der Waals surface area contributed by atoms with Gasteiger partial charge in [-0.15, -0.1) is 0 Å². The van der Waals surface area contributed by atoms with E-state index in [9.17, 15) is 24.5 Å². The van der Waals surface area contributed by atoms with Gasteiger partial charge >= 0.3 is 0 Å². The van der Waals surface area contributed by atoms with Crippen LogP contribution >= 0.6 is 0 Å². The Morgan fingerprint density at radius 2 is 1.44 bits per heavy atom. The maximum Gasteiger partial charge on any atom is 0.271 e. The summed E-state index contributed by atoms with van der Waals surface area (Å²) >= 11 is 0. The molecule has 2 aromatic heterocycles. The fourth-order valence-corrected chi connectivity index (χ4v) is 5.86. The standard InChI is InChI=1S/C30H14N4O5/c35-28-19-11-12-21-26-20(29(36)33(30(21)37)23-7-3-5-15-4-1-2-6-17(15)23)10-9-18(25(19)26)27-31-22-14-16(34(38)39)8-13-24(22)32(27)28/h1-14H. The molecular formula is C30H14N4O5. The minimum absolute atomic E-state index is 0.134. The fourth-order valence-electron chi connectivity index (χ4n) is 5.86. The van der Waals surface area contributed by atoms with E-state index < -0.39 is 16.7 Å². The number of imidazole rings is 1. The first kappa shape index (κ1) is 21.4. The van der Waals surface area contributed by atoms with Crippen LogP contribution in [0.4, 0.5) is 11.4 Å². The highest BCUT2D eigenvalue weighted by molar-refractivity contribution is 6.39. The number of imide groups is 1. The van der Waals surface area contributed by atoms with Crippen molar-refractivity contribution in [3.05, 3.63) is 117 Å². The highest BCUT2D eigenvalue weighted by Gasteiger charge is 2.36.